The Balaban J connectivity index is 0.00000165. The van der Waals surface area contributed by atoms with Gasteiger partial charge in [-0.3, -0.25) is 22.6 Å². The van der Waals surface area contributed by atoms with Gasteiger partial charge in [0, 0.05) is 17.0 Å². The van der Waals surface area contributed by atoms with Crippen LogP contribution in [0.3, 0.4) is 0 Å². The Hall–Kier alpha value is -6.66. The molecule has 0 aliphatic carbocycles. The summed E-state index contributed by atoms with van der Waals surface area (Å²) in [7, 11) is -18.0. The molecule has 3 aromatic heterocycles. The number of fused-ring (bicyclic) bond motifs is 5. The van der Waals surface area contributed by atoms with E-state index in [2.05, 4.69) is 50.0 Å². The first-order chi connectivity index (χ1) is 36.0. The molecule has 36 heteroatoms. The van der Waals surface area contributed by atoms with Crippen LogP contribution in [0.4, 0.5) is 33.6 Å². The molecule has 404 valence electrons. The molecule has 0 aliphatic heterocycles. The number of ether oxygens (including phenoxy) is 1. The van der Waals surface area contributed by atoms with Crippen molar-refractivity contribution in [3.8, 4) is 23.4 Å². The highest BCUT2D eigenvalue weighted by atomic mass is 35.5. The van der Waals surface area contributed by atoms with Gasteiger partial charge in [-0.2, -0.15) is 38.9 Å². The molecular formula is C41H32Cl2N10O18S6. The number of phenols is 1. The molecule has 0 saturated carbocycles. The molecule has 0 unspecified atom stereocenters. The van der Waals surface area contributed by atoms with E-state index in [1.165, 1.54) is 29.5 Å². The number of aryl methyl sites for hydroxylation is 1. The number of para-hydroxylation sites is 2. The van der Waals surface area contributed by atoms with Gasteiger partial charge in [0.1, 0.15) is 49.8 Å². The number of hydrogen-bond donors (Lipinski definition) is 7. The van der Waals surface area contributed by atoms with Crippen molar-refractivity contribution in [2.24, 2.45) is 30.7 Å². The first-order valence-corrected chi connectivity index (χ1v) is 29.3. The standard InChI is InChI=1S/C40H28Cl2N10O15S5.CH4O3S/c1-17-10-26(29(65-8-5-9-70(56,57)58)15-25(17)46-51-40-45-33-22(41)14-23(42)37(36(33)68-40)72(62,63)64)47-50-34-30(69-67-66-55)11-19-12-31(71(59,60)61)27(13-20(19)35(34)53)48-49-32-18(2)21(16-43)38-44-24-6-3-4-7-28(24)52(38)39(32)54;1-5(2,3)4/h3-4,6-7,10-15,53-55H,5,8-9H2,1-2H3,(H,56,57,58)(H,59,60,61)(H,62,63,64);1H3,(H,2,3,4). The van der Waals surface area contributed by atoms with E-state index in [0.717, 1.165) is 18.2 Å². The van der Waals surface area contributed by atoms with Crippen LogP contribution in [0, 0.1) is 25.2 Å². The normalized spacial score (nSPS) is 12.7. The summed E-state index contributed by atoms with van der Waals surface area (Å²) in [6.07, 6.45) is 0.502. The topological polar surface area (TPSA) is 434 Å². The van der Waals surface area contributed by atoms with Gasteiger partial charge in [0.25, 0.3) is 40.5 Å². The van der Waals surface area contributed by atoms with Gasteiger partial charge in [-0.05, 0) is 73.7 Å². The number of nitrogens with zero attached hydrogens (tertiary/aromatic N) is 10. The molecular weight excluding hydrogens is 1180 g/mol. The molecule has 5 aromatic carbocycles. The number of nitriles is 1. The second-order valence-corrected chi connectivity index (χ2v) is 23.9. The molecule has 0 aliphatic rings. The van der Waals surface area contributed by atoms with Crippen molar-refractivity contribution in [3.05, 3.63) is 87.4 Å². The third-order valence-corrected chi connectivity index (χ3v) is 15.3. The molecule has 3 heterocycles. The van der Waals surface area contributed by atoms with Gasteiger partial charge in [0.15, 0.2) is 17.1 Å². The van der Waals surface area contributed by atoms with Crippen molar-refractivity contribution in [2.75, 3.05) is 18.6 Å². The number of azo groups is 3. The smallest absolute Gasteiger partial charge is 0.297 e. The van der Waals surface area contributed by atoms with Crippen LogP contribution in [-0.4, -0.2) is 100 Å². The van der Waals surface area contributed by atoms with E-state index in [-0.39, 0.29) is 106 Å². The average molecular weight is 1220 g/mol. The molecule has 0 saturated heterocycles. The van der Waals surface area contributed by atoms with Crippen molar-refractivity contribution in [2.45, 2.75) is 35.0 Å². The van der Waals surface area contributed by atoms with E-state index in [1.54, 1.807) is 31.2 Å². The minimum Gasteiger partial charge on any atom is -0.505 e. The number of aromatic hydroxyl groups is 2. The van der Waals surface area contributed by atoms with E-state index >= 15 is 0 Å². The summed E-state index contributed by atoms with van der Waals surface area (Å²) in [4.78, 5) is 7.01. The monoisotopic (exact) mass is 1210 g/mol. The number of benzene rings is 5. The second-order valence-electron chi connectivity index (χ2n) is 15.6. The Bertz CT molecular complexity index is 4330. The molecule has 0 amide bonds. The summed E-state index contributed by atoms with van der Waals surface area (Å²) in [5.74, 6) is -2.04. The maximum atomic E-state index is 12.8. The van der Waals surface area contributed by atoms with E-state index < -0.39 is 79.0 Å². The SMILES string of the molecule is CS(=O)(=O)O.Cc1cc(N=Nc2c(SOOO)cc3cc(S(=O)(=O)O)c(N=Nc4c(C)c(C#N)c5nc6ccccc6n5c4O)cc3c2O)c(OCCCS(=O)(=O)O)cc1N=Nc1nc2c(Cl)cc(Cl)c(S(=O)(=O)O)c2s1. The quantitative estimate of drug-likeness (QED) is 0.0118. The fraction of sp³-hybridized carbons (Fsp3) is 0.146. The highest BCUT2D eigenvalue weighted by molar-refractivity contribution is 7.94. The van der Waals surface area contributed by atoms with Crippen LogP contribution >= 0.6 is 46.6 Å². The fourth-order valence-corrected chi connectivity index (χ4v) is 11.5. The fourth-order valence-electron chi connectivity index (χ4n) is 7.03. The molecule has 28 nitrogen and oxygen atoms in total. The number of aromatic nitrogens is 3. The Morgan fingerprint density at radius 1 is 0.805 bits per heavy atom. The lowest BCUT2D eigenvalue weighted by atomic mass is 10.1. The predicted octanol–water partition coefficient (Wildman–Crippen LogP) is 10.8. The molecule has 0 bridgehead atoms. The van der Waals surface area contributed by atoms with Crippen LogP contribution in [0.15, 0.2) is 106 Å². The molecule has 0 spiro atoms. The Morgan fingerprint density at radius 2 is 1.47 bits per heavy atom. The van der Waals surface area contributed by atoms with Crippen molar-refractivity contribution in [3.63, 3.8) is 0 Å². The molecule has 8 rings (SSSR count). The summed E-state index contributed by atoms with van der Waals surface area (Å²) in [6.45, 7) is 2.69. The summed E-state index contributed by atoms with van der Waals surface area (Å²) >= 11 is 13.3. The number of pyridine rings is 1. The largest absolute Gasteiger partial charge is 0.505 e. The first kappa shape index (κ1) is 58.0. The molecule has 7 N–H and O–H groups in total. The maximum Gasteiger partial charge on any atom is 0.297 e. The highest BCUT2D eigenvalue weighted by Crippen LogP contribution is 2.48. The van der Waals surface area contributed by atoms with E-state index in [4.69, 9.17) is 37.7 Å². The number of phenolic OH excluding ortho intramolecular Hbond substituents is 1. The van der Waals surface area contributed by atoms with Crippen molar-refractivity contribution >= 4 is 158 Å². The zero-order valence-electron chi connectivity index (χ0n) is 38.7. The molecule has 77 heavy (non-hydrogen) atoms. The van der Waals surface area contributed by atoms with Crippen molar-refractivity contribution < 1.29 is 81.5 Å². The third-order valence-electron chi connectivity index (χ3n) is 10.2. The van der Waals surface area contributed by atoms with Gasteiger partial charge in [-0.15, -0.1) is 35.0 Å². The maximum absolute atomic E-state index is 12.8. The van der Waals surface area contributed by atoms with Crippen LogP contribution in [0.5, 0.6) is 17.4 Å². The second kappa shape index (κ2) is 22.7. The summed E-state index contributed by atoms with van der Waals surface area (Å²) in [5.41, 5.74) is 0.144. The zero-order chi connectivity index (χ0) is 56.5. The van der Waals surface area contributed by atoms with Gasteiger partial charge < -0.3 is 14.9 Å². The van der Waals surface area contributed by atoms with E-state index in [9.17, 15) is 62.8 Å². The molecule has 0 fully saturated rings. The third kappa shape index (κ3) is 13.4. The van der Waals surface area contributed by atoms with Gasteiger partial charge in [0.05, 0.1) is 67.0 Å². The summed E-state index contributed by atoms with van der Waals surface area (Å²) in [5, 5.41) is 70.2. The molecule has 8 aromatic rings. The molecule has 0 radical (unpaired) electrons. The van der Waals surface area contributed by atoms with Crippen molar-refractivity contribution in [1.82, 2.24) is 14.4 Å². The van der Waals surface area contributed by atoms with Gasteiger partial charge >= 0.3 is 0 Å². The van der Waals surface area contributed by atoms with E-state index in [0.29, 0.717) is 34.2 Å². The number of hydrogen-bond acceptors (Lipinski definition) is 25. The summed E-state index contributed by atoms with van der Waals surface area (Å²) in [6, 6.07) is 15.6. The van der Waals surface area contributed by atoms with Crippen LogP contribution in [0.1, 0.15) is 23.1 Å². The Labute approximate surface area is 451 Å². The van der Waals surface area contributed by atoms with Crippen LogP contribution in [0.2, 0.25) is 10.0 Å². The number of halogens is 2. The van der Waals surface area contributed by atoms with Crippen LogP contribution in [-0.2, 0) is 49.8 Å². The number of thiazole rings is 1. The lowest BCUT2D eigenvalue weighted by Crippen LogP contribution is -2.08. The lowest BCUT2D eigenvalue weighted by Gasteiger charge is -2.13. The van der Waals surface area contributed by atoms with Crippen molar-refractivity contribution in [1.29, 1.82) is 5.26 Å². The minimum atomic E-state index is -5.11. The lowest BCUT2D eigenvalue weighted by molar-refractivity contribution is -0.432. The average Bonchev–Trinajstić information content (AvgIpc) is 4.03. The summed E-state index contributed by atoms with van der Waals surface area (Å²) < 4.78 is 140. The predicted molar refractivity (Wildman–Crippen MR) is 277 cm³/mol. The Morgan fingerprint density at radius 3 is 2.12 bits per heavy atom. The van der Waals surface area contributed by atoms with Gasteiger partial charge in [0.2, 0.25) is 11.0 Å². The first-order valence-electron chi connectivity index (χ1n) is 20.6. The highest BCUT2D eigenvalue weighted by Gasteiger charge is 2.26. The van der Waals surface area contributed by atoms with Crippen LogP contribution < -0.4 is 4.74 Å². The number of imidazole rings is 1. The zero-order valence-corrected chi connectivity index (χ0v) is 45.1. The minimum absolute atomic E-state index is 0.0135. The Kier molecular flexibility index (Phi) is 17.1. The van der Waals surface area contributed by atoms with Gasteiger partial charge in [-0.25, -0.2) is 15.2 Å². The molecule has 0 atom stereocenters. The van der Waals surface area contributed by atoms with Crippen LogP contribution in [0.25, 0.3) is 37.7 Å². The van der Waals surface area contributed by atoms with E-state index in [1.807, 2.05) is 6.07 Å². The number of rotatable bonds is 16. The van der Waals surface area contributed by atoms with Gasteiger partial charge in [-0.1, -0.05) is 51.7 Å².